The highest BCUT2D eigenvalue weighted by Gasteiger charge is 2.26. The summed E-state index contributed by atoms with van der Waals surface area (Å²) < 4.78 is 5.55. The van der Waals surface area contributed by atoms with Crippen LogP contribution in [0, 0.1) is 6.92 Å². The zero-order chi connectivity index (χ0) is 13.9. The zero-order valence-corrected chi connectivity index (χ0v) is 12.0. The van der Waals surface area contributed by atoms with E-state index in [1.165, 1.54) is 0 Å². The van der Waals surface area contributed by atoms with E-state index in [0.717, 1.165) is 24.5 Å². The van der Waals surface area contributed by atoms with Gasteiger partial charge in [-0.3, -0.25) is 9.69 Å². The first kappa shape index (κ1) is 13.4. The lowest BCUT2D eigenvalue weighted by atomic mass is 10.1. The molecule has 2 aromatic heterocycles. The summed E-state index contributed by atoms with van der Waals surface area (Å²) in [4.78, 5) is 25.3. The third-order valence-electron chi connectivity index (χ3n) is 3.31. The number of nitrogens with zero attached hydrogens (tertiary/aromatic N) is 3. The van der Waals surface area contributed by atoms with E-state index in [1.807, 2.05) is 10.9 Å². The van der Waals surface area contributed by atoms with Crippen LogP contribution in [0.3, 0.4) is 0 Å². The Hall–Kier alpha value is -1.57. The van der Waals surface area contributed by atoms with Gasteiger partial charge in [0.2, 0.25) is 0 Å². The van der Waals surface area contributed by atoms with Crippen molar-refractivity contribution in [3.8, 4) is 0 Å². The number of hydrogen-bond acceptors (Lipinski definition) is 6. The third kappa shape index (κ3) is 2.95. The van der Waals surface area contributed by atoms with Gasteiger partial charge in [0.1, 0.15) is 5.82 Å². The molecule has 3 heterocycles. The lowest BCUT2D eigenvalue weighted by molar-refractivity contribution is -0.0148. The Kier molecular flexibility index (Phi) is 3.90. The number of morpholine rings is 1. The van der Waals surface area contributed by atoms with Gasteiger partial charge in [0, 0.05) is 24.5 Å². The van der Waals surface area contributed by atoms with Crippen LogP contribution in [0.25, 0.3) is 0 Å². The monoisotopic (exact) mass is 292 g/mol. The predicted octanol–water partition coefficient (Wildman–Crippen LogP) is 1.11. The van der Waals surface area contributed by atoms with E-state index >= 15 is 0 Å². The van der Waals surface area contributed by atoms with E-state index in [-0.39, 0.29) is 11.6 Å². The van der Waals surface area contributed by atoms with Crippen LogP contribution in [0.2, 0.25) is 0 Å². The molecule has 3 rings (SSSR count). The van der Waals surface area contributed by atoms with Crippen LogP contribution in [0.5, 0.6) is 0 Å². The summed E-state index contributed by atoms with van der Waals surface area (Å²) in [5, 5.41) is 2.04. The zero-order valence-electron chi connectivity index (χ0n) is 11.2. The summed E-state index contributed by atoms with van der Waals surface area (Å²) in [6.45, 7) is 4.61. The quantitative estimate of drug-likeness (QED) is 0.917. The van der Waals surface area contributed by atoms with Crippen LogP contribution in [0.4, 0.5) is 0 Å². The molecule has 0 unspecified atom stereocenters. The maximum Gasteiger partial charge on any atom is 0.251 e. The van der Waals surface area contributed by atoms with E-state index < -0.39 is 0 Å². The molecule has 0 aromatic carbocycles. The van der Waals surface area contributed by atoms with Crippen molar-refractivity contribution < 1.29 is 4.74 Å². The highest BCUT2D eigenvalue weighted by Crippen LogP contribution is 2.23. The summed E-state index contributed by atoms with van der Waals surface area (Å²) >= 11 is 1.59. The minimum absolute atomic E-state index is 0.00597. The SMILES string of the molecule is Cc1nc([C@H]2COCCN2Cc2cscn2)cc(=O)[nH]1. The summed E-state index contributed by atoms with van der Waals surface area (Å²) in [7, 11) is 0. The van der Waals surface area contributed by atoms with E-state index in [9.17, 15) is 4.79 Å². The van der Waals surface area contributed by atoms with Crippen LogP contribution in [0.1, 0.15) is 23.3 Å². The minimum Gasteiger partial charge on any atom is -0.378 e. The Morgan fingerprint density at radius 3 is 3.25 bits per heavy atom. The highest BCUT2D eigenvalue weighted by molar-refractivity contribution is 7.07. The van der Waals surface area contributed by atoms with Gasteiger partial charge in [0.05, 0.1) is 36.2 Å². The lowest BCUT2D eigenvalue weighted by Crippen LogP contribution is -2.40. The molecule has 0 saturated carbocycles. The van der Waals surface area contributed by atoms with Crippen molar-refractivity contribution >= 4 is 11.3 Å². The number of hydrogen-bond donors (Lipinski definition) is 1. The van der Waals surface area contributed by atoms with Crippen molar-refractivity contribution in [3.63, 3.8) is 0 Å². The molecule has 0 aliphatic carbocycles. The van der Waals surface area contributed by atoms with Gasteiger partial charge < -0.3 is 9.72 Å². The molecule has 1 atom stereocenters. The molecule has 0 amide bonds. The summed E-state index contributed by atoms with van der Waals surface area (Å²) in [5.41, 5.74) is 3.52. The van der Waals surface area contributed by atoms with Gasteiger partial charge in [0.25, 0.3) is 5.56 Å². The largest absolute Gasteiger partial charge is 0.378 e. The molecule has 0 radical (unpaired) electrons. The summed E-state index contributed by atoms with van der Waals surface area (Å²) in [6.07, 6.45) is 0. The topological polar surface area (TPSA) is 71.1 Å². The van der Waals surface area contributed by atoms with Gasteiger partial charge in [-0.1, -0.05) is 0 Å². The first-order valence-electron chi connectivity index (χ1n) is 6.49. The Morgan fingerprint density at radius 2 is 2.50 bits per heavy atom. The van der Waals surface area contributed by atoms with Gasteiger partial charge in [0.15, 0.2) is 0 Å². The smallest absolute Gasteiger partial charge is 0.251 e. The van der Waals surface area contributed by atoms with Crippen LogP contribution in [0.15, 0.2) is 21.8 Å². The maximum absolute atomic E-state index is 11.6. The number of H-pyrrole nitrogens is 1. The molecule has 6 nitrogen and oxygen atoms in total. The second-order valence-electron chi connectivity index (χ2n) is 4.80. The molecule has 20 heavy (non-hydrogen) atoms. The number of thiazole rings is 1. The molecule has 2 aromatic rings. The normalized spacial score (nSPS) is 20.1. The van der Waals surface area contributed by atoms with Gasteiger partial charge in [-0.25, -0.2) is 9.97 Å². The average Bonchev–Trinajstić information content (AvgIpc) is 2.91. The number of aromatic amines is 1. The molecule has 0 bridgehead atoms. The number of ether oxygens (including phenoxy) is 1. The third-order valence-corrected chi connectivity index (χ3v) is 3.94. The number of nitrogens with one attached hydrogen (secondary N) is 1. The van der Waals surface area contributed by atoms with Crippen LogP contribution < -0.4 is 5.56 Å². The van der Waals surface area contributed by atoms with Crippen molar-refractivity contribution in [1.82, 2.24) is 19.9 Å². The molecule has 1 fully saturated rings. The fourth-order valence-corrected chi connectivity index (χ4v) is 2.95. The van der Waals surface area contributed by atoms with Crippen LogP contribution >= 0.6 is 11.3 Å². The van der Waals surface area contributed by atoms with E-state index in [0.29, 0.717) is 19.0 Å². The Balaban J connectivity index is 1.86. The molecule has 1 aliphatic rings. The van der Waals surface area contributed by atoms with E-state index in [1.54, 1.807) is 24.3 Å². The highest BCUT2D eigenvalue weighted by atomic mass is 32.1. The molecular weight excluding hydrogens is 276 g/mol. The van der Waals surface area contributed by atoms with Gasteiger partial charge in [-0.2, -0.15) is 0 Å². The maximum atomic E-state index is 11.6. The minimum atomic E-state index is -0.119. The van der Waals surface area contributed by atoms with Gasteiger partial charge in [-0.15, -0.1) is 11.3 Å². The Bertz CT molecular complexity index is 626. The molecule has 1 aliphatic heterocycles. The second-order valence-corrected chi connectivity index (χ2v) is 5.52. The van der Waals surface area contributed by atoms with Crippen molar-refractivity contribution in [1.29, 1.82) is 0 Å². The number of aromatic nitrogens is 3. The van der Waals surface area contributed by atoms with Crippen molar-refractivity contribution in [2.45, 2.75) is 19.5 Å². The molecule has 1 N–H and O–H groups in total. The summed E-state index contributed by atoms with van der Waals surface area (Å²) in [5.74, 6) is 0.631. The number of rotatable bonds is 3. The summed E-state index contributed by atoms with van der Waals surface area (Å²) in [6, 6.07) is 1.56. The average molecular weight is 292 g/mol. The van der Waals surface area contributed by atoms with Gasteiger partial charge in [-0.05, 0) is 6.92 Å². The fourth-order valence-electron chi connectivity index (χ4n) is 2.40. The Morgan fingerprint density at radius 1 is 1.60 bits per heavy atom. The van der Waals surface area contributed by atoms with Gasteiger partial charge >= 0.3 is 0 Å². The van der Waals surface area contributed by atoms with E-state index in [2.05, 4.69) is 19.9 Å². The first-order chi connectivity index (χ1) is 9.72. The first-order valence-corrected chi connectivity index (χ1v) is 7.43. The van der Waals surface area contributed by atoms with Crippen molar-refractivity contribution in [2.75, 3.05) is 19.8 Å². The van der Waals surface area contributed by atoms with Crippen molar-refractivity contribution in [3.05, 3.63) is 44.5 Å². The Labute approximate surface area is 120 Å². The lowest BCUT2D eigenvalue weighted by Gasteiger charge is -2.34. The molecule has 106 valence electrons. The van der Waals surface area contributed by atoms with E-state index in [4.69, 9.17) is 4.74 Å². The molecule has 7 heteroatoms. The predicted molar refractivity (Wildman–Crippen MR) is 75.7 cm³/mol. The molecular formula is C13H16N4O2S. The standard InChI is InChI=1S/C13H16N4O2S/c1-9-15-11(4-13(18)16-9)12-6-19-3-2-17(12)5-10-7-20-8-14-10/h4,7-8,12H,2-3,5-6H2,1H3,(H,15,16,18)/t12-/m1/s1. The fraction of sp³-hybridized carbons (Fsp3) is 0.462. The molecule has 0 spiro atoms. The number of aryl methyl sites for hydroxylation is 1. The second kappa shape index (κ2) is 5.82. The van der Waals surface area contributed by atoms with Crippen LogP contribution in [-0.2, 0) is 11.3 Å². The van der Waals surface area contributed by atoms with Crippen LogP contribution in [-0.4, -0.2) is 39.6 Å². The van der Waals surface area contributed by atoms with Crippen molar-refractivity contribution in [2.24, 2.45) is 0 Å². The molecule has 1 saturated heterocycles.